The molecule has 124 valence electrons. The second-order valence-electron chi connectivity index (χ2n) is 4.94. The van der Waals surface area contributed by atoms with Crippen LogP contribution in [0.5, 0.6) is 5.75 Å². The van der Waals surface area contributed by atoms with Crippen molar-refractivity contribution < 1.29 is 19.1 Å². The molecule has 0 aromatic heterocycles. The minimum absolute atomic E-state index is 0.321. The Morgan fingerprint density at radius 3 is 2.61 bits per heavy atom. The molecule has 0 saturated heterocycles. The van der Waals surface area contributed by atoms with Crippen LogP contribution >= 0.6 is 27.5 Å². The monoisotopic (exact) mass is 402 g/mol. The number of methoxy groups -OCH3 is 2. The zero-order chi connectivity index (χ0) is 17.3. The summed E-state index contributed by atoms with van der Waals surface area (Å²) in [5.74, 6) is -0.0454. The highest BCUT2D eigenvalue weighted by Crippen LogP contribution is 2.40. The topological polar surface area (TPSA) is 67.9 Å². The minimum Gasteiger partial charge on any atom is -0.495 e. The van der Waals surface area contributed by atoms with E-state index in [-0.39, 0.29) is 6.03 Å². The first kappa shape index (κ1) is 17.6. The number of hydrogen-bond donors (Lipinski definition) is 1. The molecule has 1 N–H and O–H groups in total. The van der Waals surface area contributed by atoms with Gasteiger partial charge in [0.25, 0.3) is 0 Å². The highest BCUT2D eigenvalue weighted by Gasteiger charge is 2.36. The molecule has 6 nitrogen and oxygen atoms in total. The number of benzene rings is 1. The van der Waals surface area contributed by atoms with E-state index in [2.05, 4.69) is 21.2 Å². The van der Waals surface area contributed by atoms with Crippen molar-refractivity contribution in [3.05, 3.63) is 38.5 Å². The van der Waals surface area contributed by atoms with Crippen LogP contribution in [-0.2, 0) is 9.53 Å². The van der Waals surface area contributed by atoms with Gasteiger partial charge in [-0.25, -0.2) is 9.59 Å². The normalized spacial score (nSPS) is 17.9. The predicted octanol–water partition coefficient (Wildman–Crippen LogP) is 3.25. The second kappa shape index (κ2) is 6.80. The number of halogens is 2. The summed E-state index contributed by atoms with van der Waals surface area (Å²) in [7, 11) is 4.37. The molecule has 1 heterocycles. The van der Waals surface area contributed by atoms with E-state index >= 15 is 0 Å². The van der Waals surface area contributed by atoms with E-state index in [0.717, 1.165) is 0 Å². The van der Waals surface area contributed by atoms with Crippen molar-refractivity contribution in [1.82, 2.24) is 10.2 Å². The predicted molar refractivity (Wildman–Crippen MR) is 89.5 cm³/mol. The smallest absolute Gasteiger partial charge is 0.337 e. The Morgan fingerprint density at radius 2 is 2.04 bits per heavy atom. The van der Waals surface area contributed by atoms with Crippen molar-refractivity contribution in [3.63, 3.8) is 0 Å². The van der Waals surface area contributed by atoms with Gasteiger partial charge in [0.2, 0.25) is 0 Å². The molecular weight excluding hydrogens is 388 g/mol. The van der Waals surface area contributed by atoms with Crippen LogP contribution < -0.4 is 10.1 Å². The third-order valence-corrected chi connectivity index (χ3v) is 4.52. The largest absolute Gasteiger partial charge is 0.495 e. The van der Waals surface area contributed by atoms with Crippen molar-refractivity contribution in [2.24, 2.45) is 0 Å². The third-order valence-electron chi connectivity index (χ3n) is 3.71. The molecule has 8 heteroatoms. The molecule has 1 aliphatic heterocycles. The van der Waals surface area contributed by atoms with Crippen molar-refractivity contribution in [3.8, 4) is 5.75 Å². The maximum atomic E-state index is 12.2. The molecule has 0 saturated carbocycles. The molecule has 0 aliphatic carbocycles. The number of nitrogens with zero attached hydrogens (tertiary/aromatic N) is 1. The number of carbonyl (C=O) groups is 2. The van der Waals surface area contributed by atoms with E-state index in [1.54, 1.807) is 26.1 Å². The molecule has 0 bridgehead atoms. The van der Waals surface area contributed by atoms with Gasteiger partial charge in [-0.3, -0.25) is 0 Å². The Hall–Kier alpha value is -1.73. The number of ether oxygens (including phenoxy) is 2. The quantitative estimate of drug-likeness (QED) is 0.787. The molecular formula is C15H16BrClN2O4. The molecule has 0 spiro atoms. The third kappa shape index (κ3) is 3.16. The van der Waals surface area contributed by atoms with Crippen molar-refractivity contribution in [2.45, 2.75) is 13.0 Å². The lowest BCUT2D eigenvalue weighted by molar-refractivity contribution is -0.136. The number of nitrogens with one attached hydrogen (secondary N) is 1. The second-order valence-corrected chi connectivity index (χ2v) is 6.23. The van der Waals surface area contributed by atoms with Crippen LogP contribution in [0.2, 0.25) is 5.02 Å². The van der Waals surface area contributed by atoms with Gasteiger partial charge in [-0.05, 0) is 35.0 Å². The summed E-state index contributed by atoms with van der Waals surface area (Å²) in [6.45, 7) is 1.68. The first-order chi connectivity index (χ1) is 10.8. The number of amides is 2. The number of urea groups is 1. The summed E-state index contributed by atoms with van der Waals surface area (Å²) in [6, 6.07) is 2.27. The van der Waals surface area contributed by atoms with Crippen LogP contribution in [0.15, 0.2) is 27.9 Å². The van der Waals surface area contributed by atoms with Crippen molar-refractivity contribution in [2.75, 3.05) is 21.3 Å². The van der Waals surface area contributed by atoms with E-state index in [4.69, 9.17) is 21.1 Å². The Morgan fingerprint density at radius 1 is 1.39 bits per heavy atom. The molecule has 1 aliphatic rings. The van der Waals surface area contributed by atoms with Crippen LogP contribution in [0.4, 0.5) is 4.79 Å². The van der Waals surface area contributed by atoms with Crippen molar-refractivity contribution >= 4 is 39.5 Å². The Balaban J connectivity index is 2.70. The highest BCUT2D eigenvalue weighted by atomic mass is 79.9. The number of hydrogen-bond acceptors (Lipinski definition) is 4. The molecule has 23 heavy (non-hydrogen) atoms. The Kier molecular flexibility index (Phi) is 5.21. The van der Waals surface area contributed by atoms with Gasteiger partial charge >= 0.3 is 12.0 Å². The van der Waals surface area contributed by atoms with Gasteiger partial charge in [-0.15, -0.1) is 0 Å². The maximum Gasteiger partial charge on any atom is 0.337 e. The SMILES string of the molecule is COC(=O)C1=C(C)N(C)C(=O)N[C@@H]1c1cc(Cl)cc(Br)c1OC. The number of rotatable bonds is 3. The molecule has 0 unspecified atom stereocenters. The standard InChI is InChI=1S/C15H16BrClN2O4/c1-7-11(14(20)23-4)12(18-15(21)19(7)2)9-5-8(17)6-10(16)13(9)22-3/h5-6,12H,1-4H3,(H,18,21)/t12-/m1/s1. The van der Waals surface area contributed by atoms with Gasteiger partial charge in [0.15, 0.2) is 0 Å². The summed E-state index contributed by atoms with van der Waals surface area (Å²) >= 11 is 9.50. The van der Waals surface area contributed by atoms with Crippen LogP contribution in [-0.4, -0.2) is 38.2 Å². The van der Waals surface area contributed by atoms with E-state index in [1.165, 1.54) is 19.1 Å². The zero-order valence-electron chi connectivity index (χ0n) is 13.1. The lowest BCUT2D eigenvalue weighted by atomic mass is 9.94. The first-order valence-corrected chi connectivity index (χ1v) is 7.85. The fourth-order valence-corrected chi connectivity index (χ4v) is 3.45. The van der Waals surface area contributed by atoms with E-state index in [1.807, 2.05) is 0 Å². The number of esters is 1. The number of carbonyl (C=O) groups excluding carboxylic acids is 2. The molecule has 2 rings (SSSR count). The summed E-state index contributed by atoms with van der Waals surface area (Å²) in [5.41, 5.74) is 1.39. The molecule has 1 atom stereocenters. The van der Waals surface area contributed by atoms with Gasteiger partial charge in [-0.2, -0.15) is 0 Å². The van der Waals surface area contributed by atoms with E-state index < -0.39 is 12.0 Å². The molecule has 2 amide bonds. The zero-order valence-corrected chi connectivity index (χ0v) is 15.4. The summed E-state index contributed by atoms with van der Waals surface area (Å²) in [4.78, 5) is 25.8. The maximum absolute atomic E-state index is 12.2. The summed E-state index contributed by atoms with van der Waals surface area (Å²) < 4.78 is 10.9. The summed E-state index contributed by atoms with van der Waals surface area (Å²) in [5, 5.41) is 3.22. The van der Waals surface area contributed by atoms with Gasteiger partial charge in [0.1, 0.15) is 5.75 Å². The molecule has 0 fully saturated rings. The van der Waals surface area contributed by atoms with E-state index in [9.17, 15) is 9.59 Å². The summed E-state index contributed by atoms with van der Waals surface area (Å²) in [6.07, 6.45) is 0. The average molecular weight is 404 g/mol. The molecule has 1 aromatic carbocycles. The average Bonchev–Trinajstić information content (AvgIpc) is 2.50. The van der Waals surface area contributed by atoms with Crippen LogP contribution in [0, 0.1) is 0 Å². The molecule has 1 aromatic rings. The van der Waals surface area contributed by atoms with Gasteiger partial charge < -0.3 is 19.7 Å². The van der Waals surface area contributed by atoms with Crippen LogP contribution in [0.25, 0.3) is 0 Å². The van der Waals surface area contributed by atoms with Crippen LogP contribution in [0.3, 0.4) is 0 Å². The lowest BCUT2D eigenvalue weighted by Crippen LogP contribution is -2.46. The fourth-order valence-electron chi connectivity index (χ4n) is 2.45. The lowest BCUT2D eigenvalue weighted by Gasteiger charge is -2.33. The van der Waals surface area contributed by atoms with Gasteiger partial charge in [0.05, 0.1) is 30.3 Å². The van der Waals surface area contributed by atoms with E-state index in [0.29, 0.717) is 32.1 Å². The highest BCUT2D eigenvalue weighted by molar-refractivity contribution is 9.10. The minimum atomic E-state index is -0.726. The Bertz CT molecular complexity index is 705. The number of allylic oxidation sites excluding steroid dienone is 1. The van der Waals surface area contributed by atoms with Gasteiger partial charge in [-0.1, -0.05) is 11.6 Å². The van der Waals surface area contributed by atoms with Crippen LogP contribution in [0.1, 0.15) is 18.5 Å². The fraction of sp³-hybridized carbons (Fsp3) is 0.333. The molecule has 0 radical (unpaired) electrons. The van der Waals surface area contributed by atoms with Gasteiger partial charge in [0, 0.05) is 23.3 Å². The first-order valence-electron chi connectivity index (χ1n) is 6.68. The Labute approximate surface area is 147 Å². The van der Waals surface area contributed by atoms with Crippen molar-refractivity contribution in [1.29, 1.82) is 0 Å².